The molecule has 0 saturated carbocycles. The predicted molar refractivity (Wildman–Crippen MR) is 93.6 cm³/mol. The second-order valence-corrected chi connectivity index (χ2v) is 7.15. The van der Waals surface area contributed by atoms with E-state index in [0.29, 0.717) is 11.3 Å². The highest BCUT2D eigenvalue weighted by Gasteiger charge is 2.19. The number of nitrogens with zero attached hydrogens (tertiary/aromatic N) is 1. The lowest BCUT2D eigenvalue weighted by atomic mass is 10.1. The number of benzene rings is 1. The zero-order valence-electron chi connectivity index (χ0n) is 13.6. The molecule has 0 radical (unpaired) electrons. The summed E-state index contributed by atoms with van der Waals surface area (Å²) in [5.74, 6) is -1.46. The van der Waals surface area contributed by atoms with Crippen LogP contribution in [-0.4, -0.2) is 27.6 Å². The van der Waals surface area contributed by atoms with Gasteiger partial charge >= 0.3 is 11.9 Å². The summed E-state index contributed by atoms with van der Waals surface area (Å²) in [5.41, 5.74) is 1.34. The number of esters is 1. The maximum atomic E-state index is 12.0. The molecule has 24 heavy (non-hydrogen) atoms. The van der Waals surface area contributed by atoms with E-state index >= 15 is 0 Å². The number of hydrogen-bond acceptors (Lipinski definition) is 4. The fraction of sp³-hybridized carbons (Fsp3) is 0.278. The van der Waals surface area contributed by atoms with Crippen molar-refractivity contribution in [2.24, 2.45) is 0 Å². The molecular formula is C18H18BrNO4. The number of pyridine rings is 1. The Hall–Kier alpha value is -2.21. The molecule has 126 valence electrons. The highest BCUT2D eigenvalue weighted by atomic mass is 79.9. The Morgan fingerprint density at radius 1 is 1.12 bits per heavy atom. The molecule has 1 aromatic carbocycles. The fourth-order valence-corrected chi connectivity index (χ4v) is 2.57. The molecule has 0 bridgehead atoms. The van der Waals surface area contributed by atoms with E-state index in [1.165, 1.54) is 6.07 Å². The number of halogens is 1. The molecule has 2 aromatic rings. The second kappa shape index (κ2) is 7.13. The summed E-state index contributed by atoms with van der Waals surface area (Å²) in [6, 6.07) is 11.8. The summed E-state index contributed by atoms with van der Waals surface area (Å²) in [5, 5.41) is 9.02. The van der Waals surface area contributed by atoms with Crippen LogP contribution >= 0.6 is 15.9 Å². The van der Waals surface area contributed by atoms with Gasteiger partial charge in [-0.3, -0.25) is 0 Å². The summed E-state index contributed by atoms with van der Waals surface area (Å²) in [4.78, 5) is 26.9. The van der Waals surface area contributed by atoms with Gasteiger partial charge in [-0.25, -0.2) is 14.6 Å². The molecule has 0 aliphatic heterocycles. The van der Waals surface area contributed by atoms with E-state index in [-0.39, 0.29) is 16.5 Å². The normalized spacial score (nSPS) is 12.5. The molecule has 1 heterocycles. The van der Waals surface area contributed by atoms with Crippen molar-refractivity contribution in [1.82, 2.24) is 4.98 Å². The highest BCUT2D eigenvalue weighted by Crippen LogP contribution is 2.29. The number of carboxylic acid groups (broad SMARTS) is 1. The number of alkyl halides is 1. The van der Waals surface area contributed by atoms with E-state index in [1.54, 1.807) is 36.4 Å². The van der Waals surface area contributed by atoms with E-state index < -0.39 is 11.6 Å². The topological polar surface area (TPSA) is 76.5 Å². The molecule has 0 spiro atoms. The smallest absolute Gasteiger partial charge is 0.354 e. The van der Waals surface area contributed by atoms with Crippen molar-refractivity contribution >= 4 is 27.9 Å². The van der Waals surface area contributed by atoms with Crippen LogP contribution in [0.25, 0.3) is 0 Å². The number of carbonyl (C=O) groups is 2. The molecule has 6 heteroatoms. The van der Waals surface area contributed by atoms with Crippen LogP contribution < -0.4 is 0 Å². The Labute approximate surface area is 148 Å². The van der Waals surface area contributed by atoms with Crippen molar-refractivity contribution in [1.29, 1.82) is 0 Å². The lowest BCUT2D eigenvalue weighted by Gasteiger charge is -2.19. The van der Waals surface area contributed by atoms with Gasteiger partial charge in [-0.1, -0.05) is 34.1 Å². The molecule has 1 unspecified atom stereocenters. The zero-order valence-corrected chi connectivity index (χ0v) is 15.2. The number of aromatic nitrogens is 1. The van der Waals surface area contributed by atoms with Crippen LogP contribution in [0.4, 0.5) is 0 Å². The van der Waals surface area contributed by atoms with E-state index in [1.807, 2.05) is 20.8 Å². The van der Waals surface area contributed by atoms with Crippen LogP contribution in [0.2, 0.25) is 0 Å². The number of ether oxygens (including phenoxy) is 1. The first-order chi connectivity index (χ1) is 11.2. The average Bonchev–Trinajstić information content (AvgIpc) is 2.53. The molecule has 0 aliphatic rings. The van der Waals surface area contributed by atoms with Gasteiger partial charge in [0.2, 0.25) is 0 Å². The van der Waals surface area contributed by atoms with E-state index in [0.717, 1.165) is 5.56 Å². The third-order valence-corrected chi connectivity index (χ3v) is 4.09. The minimum atomic E-state index is -1.07. The van der Waals surface area contributed by atoms with E-state index in [4.69, 9.17) is 9.84 Å². The molecule has 5 nitrogen and oxygen atoms in total. The van der Waals surface area contributed by atoms with Gasteiger partial charge in [0.05, 0.1) is 16.1 Å². The Morgan fingerprint density at radius 3 is 2.29 bits per heavy atom. The molecule has 0 aliphatic carbocycles. The summed E-state index contributed by atoms with van der Waals surface area (Å²) in [7, 11) is 0. The summed E-state index contributed by atoms with van der Waals surface area (Å²) in [6.45, 7) is 5.44. The standard InChI is InChI=1S/C18H18BrNO4/c1-18(2,3)24-17(23)12-9-7-11(8-10-12)15(19)13-5-4-6-14(20-13)16(21)22/h4-10,15H,1-3H3,(H,21,22). The highest BCUT2D eigenvalue weighted by molar-refractivity contribution is 9.09. The zero-order chi connectivity index (χ0) is 17.9. The fourth-order valence-electron chi connectivity index (χ4n) is 2.01. The van der Waals surface area contributed by atoms with Gasteiger partial charge < -0.3 is 9.84 Å². The van der Waals surface area contributed by atoms with Crippen LogP contribution in [0, 0.1) is 0 Å². The quantitative estimate of drug-likeness (QED) is 0.623. The predicted octanol–water partition coefficient (Wildman–Crippen LogP) is 4.22. The summed E-state index contributed by atoms with van der Waals surface area (Å²) in [6.07, 6.45) is 0. The molecule has 1 atom stereocenters. The third-order valence-electron chi connectivity index (χ3n) is 3.09. The molecule has 1 aromatic heterocycles. The number of carbonyl (C=O) groups excluding carboxylic acids is 1. The lowest BCUT2D eigenvalue weighted by molar-refractivity contribution is 0.00693. The van der Waals surface area contributed by atoms with Gasteiger partial charge in [0.15, 0.2) is 0 Å². The molecule has 0 amide bonds. The Bertz CT molecular complexity index is 750. The molecule has 0 fully saturated rings. The first kappa shape index (κ1) is 18.1. The van der Waals surface area contributed by atoms with E-state index in [9.17, 15) is 9.59 Å². The molecule has 0 saturated heterocycles. The van der Waals surface area contributed by atoms with Crippen molar-refractivity contribution in [3.8, 4) is 0 Å². The lowest BCUT2D eigenvalue weighted by Crippen LogP contribution is -2.23. The van der Waals surface area contributed by atoms with Gasteiger partial charge in [0.25, 0.3) is 0 Å². The number of carboxylic acids is 1. The van der Waals surface area contributed by atoms with Crippen LogP contribution in [0.1, 0.15) is 57.7 Å². The minimum absolute atomic E-state index is 0.0117. The van der Waals surface area contributed by atoms with Crippen LogP contribution in [0.3, 0.4) is 0 Å². The average molecular weight is 392 g/mol. The molecular weight excluding hydrogens is 374 g/mol. The second-order valence-electron chi connectivity index (χ2n) is 6.24. The van der Waals surface area contributed by atoms with Crippen LogP contribution in [0.5, 0.6) is 0 Å². The monoisotopic (exact) mass is 391 g/mol. The summed E-state index contributed by atoms with van der Waals surface area (Å²) >= 11 is 3.52. The molecule has 1 N–H and O–H groups in total. The Kier molecular flexibility index (Phi) is 5.39. The third kappa shape index (κ3) is 4.64. The van der Waals surface area contributed by atoms with Crippen molar-refractivity contribution < 1.29 is 19.4 Å². The van der Waals surface area contributed by atoms with Crippen molar-refractivity contribution in [2.75, 3.05) is 0 Å². The van der Waals surface area contributed by atoms with Gasteiger partial charge in [-0.05, 0) is 50.6 Å². The van der Waals surface area contributed by atoms with Crippen molar-refractivity contribution in [3.63, 3.8) is 0 Å². The molecule has 2 rings (SSSR count). The SMILES string of the molecule is CC(C)(C)OC(=O)c1ccc(C(Br)c2cccc(C(=O)O)n2)cc1. The number of hydrogen-bond donors (Lipinski definition) is 1. The Morgan fingerprint density at radius 2 is 1.75 bits per heavy atom. The first-order valence-electron chi connectivity index (χ1n) is 7.35. The van der Waals surface area contributed by atoms with Gasteiger partial charge in [0.1, 0.15) is 11.3 Å². The van der Waals surface area contributed by atoms with Crippen LogP contribution in [0.15, 0.2) is 42.5 Å². The Balaban J connectivity index is 2.20. The minimum Gasteiger partial charge on any atom is -0.477 e. The largest absolute Gasteiger partial charge is 0.477 e. The van der Waals surface area contributed by atoms with Gasteiger partial charge in [0, 0.05) is 0 Å². The van der Waals surface area contributed by atoms with Crippen molar-refractivity contribution in [3.05, 3.63) is 65.0 Å². The summed E-state index contributed by atoms with van der Waals surface area (Å²) < 4.78 is 5.32. The van der Waals surface area contributed by atoms with Crippen LogP contribution in [-0.2, 0) is 4.74 Å². The maximum Gasteiger partial charge on any atom is 0.354 e. The van der Waals surface area contributed by atoms with E-state index in [2.05, 4.69) is 20.9 Å². The number of aromatic carboxylic acids is 1. The number of rotatable bonds is 4. The maximum absolute atomic E-state index is 12.0. The van der Waals surface area contributed by atoms with Gasteiger partial charge in [-0.2, -0.15) is 0 Å². The van der Waals surface area contributed by atoms with Gasteiger partial charge in [-0.15, -0.1) is 0 Å². The first-order valence-corrected chi connectivity index (χ1v) is 8.26. The van der Waals surface area contributed by atoms with Crippen molar-refractivity contribution in [2.45, 2.75) is 31.2 Å².